The average molecular weight is 282 g/mol. The molecule has 0 aromatic carbocycles. The van der Waals surface area contributed by atoms with E-state index in [1.807, 2.05) is 24.7 Å². The summed E-state index contributed by atoms with van der Waals surface area (Å²) in [6, 6.07) is 0.230. The van der Waals surface area contributed by atoms with Crippen molar-refractivity contribution in [3.05, 3.63) is 17.7 Å². The van der Waals surface area contributed by atoms with E-state index in [1.54, 1.807) is 6.20 Å². The van der Waals surface area contributed by atoms with E-state index in [2.05, 4.69) is 27.0 Å². The molecule has 0 unspecified atom stereocenters. The normalized spacial score (nSPS) is 11.0. The van der Waals surface area contributed by atoms with E-state index in [9.17, 15) is 0 Å². The Hall–Kier alpha value is -1.69. The van der Waals surface area contributed by atoms with Gasteiger partial charge >= 0.3 is 6.01 Å². The fourth-order valence-electron chi connectivity index (χ4n) is 1.55. The number of aryl methyl sites for hydroxylation is 1. The molecule has 6 nitrogen and oxygen atoms in total. The van der Waals surface area contributed by atoms with Crippen molar-refractivity contribution in [2.75, 3.05) is 0 Å². The third-order valence-corrected chi connectivity index (χ3v) is 2.44. The van der Waals surface area contributed by atoms with Crippen molar-refractivity contribution >= 4 is 11.6 Å². The van der Waals surface area contributed by atoms with Gasteiger partial charge in [-0.1, -0.05) is 6.92 Å². The largest absolute Gasteiger partial charge is 0.461 e. The van der Waals surface area contributed by atoms with Gasteiger partial charge in [0, 0.05) is 12.7 Å². The van der Waals surface area contributed by atoms with Gasteiger partial charge < -0.3 is 4.74 Å². The van der Waals surface area contributed by atoms with E-state index in [-0.39, 0.29) is 17.4 Å². The first-order valence-corrected chi connectivity index (χ1v) is 6.57. The molecule has 2 heterocycles. The fourth-order valence-corrected chi connectivity index (χ4v) is 1.71. The van der Waals surface area contributed by atoms with E-state index < -0.39 is 0 Å². The SMILES string of the molecule is CCCn1cc(-c2nc(Cl)nc(OC(C)C)n2)cn1. The Bertz CT molecular complexity index is 555. The van der Waals surface area contributed by atoms with Crippen molar-refractivity contribution in [1.29, 1.82) is 0 Å². The second kappa shape index (κ2) is 5.97. The Morgan fingerprint density at radius 2 is 2.11 bits per heavy atom. The predicted molar refractivity (Wildman–Crippen MR) is 72.1 cm³/mol. The lowest BCUT2D eigenvalue weighted by Gasteiger charge is -2.07. The number of halogens is 1. The number of nitrogens with zero attached hydrogens (tertiary/aromatic N) is 5. The van der Waals surface area contributed by atoms with Crippen LogP contribution in [0.5, 0.6) is 6.01 Å². The number of aromatic nitrogens is 5. The lowest BCUT2D eigenvalue weighted by molar-refractivity contribution is 0.222. The molecule has 0 saturated carbocycles. The summed E-state index contributed by atoms with van der Waals surface area (Å²) in [5.41, 5.74) is 0.798. The first-order valence-electron chi connectivity index (χ1n) is 6.19. The molecular weight excluding hydrogens is 266 g/mol. The first kappa shape index (κ1) is 13.7. The molecule has 0 amide bonds. The Morgan fingerprint density at radius 1 is 1.32 bits per heavy atom. The first-order chi connectivity index (χ1) is 9.08. The minimum atomic E-state index is -0.0193. The topological polar surface area (TPSA) is 65.7 Å². The molecule has 0 aliphatic carbocycles. The molecule has 0 bridgehead atoms. The highest BCUT2D eigenvalue weighted by Gasteiger charge is 2.11. The summed E-state index contributed by atoms with van der Waals surface area (Å²) < 4.78 is 7.28. The fraction of sp³-hybridized carbons (Fsp3) is 0.500. The van der Waals surface area contributed by atoms with Crippen LogP contribution in [-0.4, -0.2) is 30.8 Å². The quantitative estimate of drug-likeness (QED) is 0.843. The zero-order valence-corrected chi connectivity index (χ0v) is 11.9. The van der Waals surface area contributed by atoms with Crippen LogP contribution in [0.2, 0.25) is 5.28 Å². The Kier molecular flexibility index (Phi) is 4.31. The monoisotopic (exact) mass is 281 g/mol. The smallest absolute Gasteiger partial charge is 0.321 e. The molecule has 0 radical (unpaired) electrons. The van der Waals surface area contributed by atoms with Crippen molar-refractivity contribution in [2.45, 2.75) is 39.8 Å². The number of ether oxygens (including phenoxy) is 1. The van der Waals surface area contributed by atoms with Gasteiger partial charge in [0.25, 0.3) is 0 Å². The molecule has 19 heavy (non-hydrogen) atoms. The van der Waals surface area contributed by atoms with Crippen molar-refractivity contribution in [2.24, 2.45) is 0 Å². The highest BCUT2D eigenvalue weighted by atomic mass is 35.5. The van der Waals surface area contributed by atoms with Crippen LogP contribution >= 0.6 is 11.6 Å². The summed E-state index contributed by atoms with van der Waals surface area (Å²) in [5, 5.41) is 4.35. The maximum atomic E-state index is 5.88. The second-order valence-corrected chi connectivity index (χ2v) is 4.71. The zero-order chi connectivity index (χ0) is 13.8. The van der Waals surface area contributed by atoms with E-state index in [1.165, 1.54) is 0 Å². The lowest BCUT2D eigenvalue weighted by Crippen LogP contribution is -2.09. The zero-order valence-electron chi connectivity index (χ0n) is 11.2. The standard InChI is InChI=1S/C12H16ClN5O/c1-4-5-18-7-9(6-14-18)10-15-11(13)17-12(16-10)19-8(2)3/h6-8H,4-5H2,1-3H3. The summed E-state index contributed by atoms with van der Waals surface area (Å²) >= 11 is 5.88. The van der Waals surface area contributed by atoms with Gasteiger partial charge in [0.2, 0.25) is 5.28 Å². The third kappa shape index (κ3) is 3.64. The highest BCUT2D eigenvalue weighted by Crippen LogP contribution is 2.18. The van der Waals surface area contributed by atoms with Crippen molar-refractivity contribution in [1.82, 2.24) is 24.7 Å². The van der Waals surface area contributed by atoms with Crippen molar-refractivity contribution in [3.8, 4) is 17.4 Å². The molecule has 0 aliphatic rings. The van der Waals surface area contributed by atoms with Gasteiger partial charge in [0.15, 0.2) is 5.82 Å². The van der Waals surface area contributed by atoms with Gasteiger partial charge in [-0.25, -0.2) is 0 Å². The molecule has 0 saturated heterocycles. The summed E-state index contributed by atoms with van der Waals surface area (Å²) in [5.74, 6) is 0.470. The highest BCUT2D eigenvalue weighted by molar-refractivity contribution is 6.28. The second-order valence-electron chi connectivity index (χ2n) is 4.37. The molecule has 0 atom stereocenters. The number of rotatable bonds is 5. The van der Waals surface area contributed by atoms with E-state index in [0.717, 1.165) is 18.5 Å². The summed E-state index contributed by atoms with van der Waals surface area (Å²) in [6.07, 6.45) is 4.59. The van der Waals surface area contributed by atoms with Crippen LogP contribution in [0.15, 0.2) is 12.4 Å². The van der Waals surface area contributed by atoms with Gasteiger partial charge in [-0.2, -0.15) is 20.1 Å². The Balaban J connectivity index is 2.29. The number of hydrogen-bond donors (Lipinski definition) is 0. The van der Waals surface area contributed by atoms with Crippen molar-refractivity contribution in [3.63, 3.8) is 0 Å². The van der Waals surface area contributed by atoms with Crippen molar-refractivity contribution < 1.29 is 4.74 Å². The van der Waals surface area contributed by atoms with Crippen LogP contribution < -0.4 is 4.74 Å². The van der Waals surface area contributed by atoms with Crippen LogP contribution in [0.3, 0.4) is 0 Å². The molecular formula is C12H16ClN5O. The minimum absolute atomic E-state index is 0.0193. The third-order valence-electron chi connectivity index (χ3n) is 2.27. The van der Waals surface area contributed by atoms with Gasteiger partial charge in [0.05, 0.1) is 17.9 Å². The Labute approximate surface area is 116 Å². The van der Waals surface area contributed by atoms with Crippen LogP contribution in [0.1, 0.15) is 27.2 Å². The Morgan fingerprint density at radius 3 is 2.79 bits per heavy atom. The summed E-state index contributed by atoms with van der Waals surface area (Å²) in [7, 11) is 0. The van der Waals surface area contributed by atoms with E-state index in [4.69, 9.17) is 16.3 Å². The van der Waals surface area contributed by atoms with E-state index in [0.29, 0.717) is 5.82 Å². The van der Waals surface area contributed by atoms with Gasteiger partial charge in [-0.15, -0.1) is 0 Å². The molecule has 0 aliphatic heterocycles. The predicted octanol–water partition coefficient (Wildman–Crippen LogP) is 2.59. The maximum Gasteiger partial charge on any atom is 0.321 e. The van der Waals surface area contributed by atoms with Crippen LogP contribution in [-0.2, 0) is 6.54 Å². The minimum Gasteiger partial charge on any atom is -0.461 e. The molecule has 0 spiro atoms. The van der Waals surface area contributed by atoms with Crippen LogP contribution in [0.4, 0.5) is 0 Å². The van der Waals surface area contributed by atoms with Crippen LogP contribution in [0.25, 0.3) is 11.4 Å². The molecule has 7 heteroatoms. The summed E-state index contributed by atoms with van der Waals surface area (Å²) in [6.45, 7) is 6.75. The van der Waals surface area contributed by atoms with Gasteiger partial charge in [-0.3, -0.25) is 4.68 Å². The van der Waals surface area contributed by atoms with Gasteiger partial charge in [-0.05, 0) is 31.9 Å². The maximum absolute atomic E-state index is 5.88. The number of hydrogen-bond acceptors (Lipinski definition) is 5. The average Bonchev–Trinajstić information content (AvgIpc) is 2.76. The molecule has 2 rings (SSSR count). The lowest BCUT2D eigenvalue weighted by atomic mass is 10.3. The van der Waals surface area contributed by atoms with Gasteiger partial charge in [0.1, 0.15) is 0 Å². The van der Waals surface area contributed by atoms with E-state index >= 15 is 0 Å². The van der Waals surface area contributed by atoms with Crippen LogP contribution in [0, 0.1) is 0 Å². The summed E-state index contributed by atoms with van der Waals surface area (Å²) in [4.78, 5) is 12.3. The molecule has 0 fully saturated rings. The molecule has 2 aromatic rings. The molecule has 102 valence electrons. The molecule has 0 N–H and O–H groups in total. The molecule has 2 aromatic heterocycles.